The largest absolute Gasteiger partial charge is 0.494 e. The molecule has 0 fully saturated rings. The second-order valence-electron chi connectivity index (χ2n) is 6.95. The SMILES string of the molecule is CC1=Nc2ccccc2/C1=C\c1c(O)n(-c2cc(C)cc(C)c2)c(=O)[nH]c1=O. The van der Waals surface area contributed by atoms with Crippen LogP contribution in [-0.4, -0.2) is 20.4 Å². The molecule has 2 aromatic carbocycles. The first-order valence-electron chi connectivity index (χ1n) is 8.89. The summed E-state index contributed by atoms with van der Waals surface area (Å²) in [4.78, 5) is 31.7. The van der Waals surface area contributed by atoms with E-state index in [2.05, 4.69) is 9.98 Å². The van der Waals surface area contributed by atoms with Gasteiger partial charge >= 0.3 is 5.69 Å². The molecule has 0 spiro atoms. The van der Waals surface area contributed by atoms with E-state index >= 15 is 0 Å². The molecule has 0 amide bonds. The van der Waals surface area contributed by atoms with Gasteiger partial charge in [0.2, 0.25) is 5.88 Å². The first kappa shape index (κ1) is 17.7. The minimum atomic E-state index is -0.688. The molecule has 28 heavy (non-hydrogen) atoms. The van der Waals surface area contributed by atoms with E-state index < -0.39 is 17.1 Å². The molecule has 1 aliphatic heterocycles. The quantitative estimate of drug-likeness (QED) is 0.721. The second-order valence-corrected chi connectivity index (χ2v) is 6.95. The van der Waals surface area contributed by atoms with Gasteiger partial charge in [-0.05, 0) is 56.2 Å². The molecule has 0 bridgehead atoms. The van der Waals surface area contributed by atoms with Crippen molar-refractivity contribution in [1.29, 1.82) is 0 Å². The Kier molecular flexibility index (Phi) is 4.11. The lowest BCUT2D eigenvalue weighted by Gasteiger charge is -2.12. The van der Waals surface area contributed by atoms with Crippen LogP contribution in [0.2, 0.25) is 0 Å². The summed E-state index contributed by atoms with van der Waals surface area (Å²) in [6.45, 7) is 5.65. The first-order chi connectivity index (χ1) is 13.3. The fraction of sp³-hybridized carbons (Fsp3) is 0.136. The summed E-state index contributed by atoms with van der Waals surface area (Å²) >= 11 is 0. The van der Waals surface area contributed by atoms with Crippen molar-refractivity contribution in [2.75, 3.05) is 0 Å². The van der Waals surface area contributed by atoms with E-state index in [1.54, 1.807) is 18.2 Å². The number of allylic oxidation sites excluding steroid dienone is 1. The number of H-pyrrole nitrogens is 1. The van der Waals surface area contributed by atoms with Gasteiger partial charge in [-0.15, -0.1) is 0 Å². The van der Waals surface area contributed by atoms with Crippen molar-refractivity contribution >= 4 is 23.0 Å². The minimum absolute atomic E-state index is 0.0139. The zero-order chi connectivity index (χ0) is 20.0. The molecule has 4 rings (SSSR count). The van der Waals surface area contributed by atoms with Crippen molar-refractivity contribution in [2.24, 2.45) is 4.99 Å². The standard InChI is InChI=1S/C22H19N3O3/c1-12-8-13(2)10-15(9-12)25-21(27)18(20(26)24-22(25)28)11-17-14(3)23-19-7-5-4-6-16(17)19/h4-11,27H,1-3H3,(H,24,26,28)/b17-11-. The Morgan fingerprint density at radius 2 is 1.71 bits per heavy atom. The van der Waals surface area contributed by atoms with Crippen LogP contribution in [0, 0.1) is 13.8 Å². The maximum atomic E-state index is 12.5. The molecule has 3 aromatic rings. The summed E-state index contributed by atoms with van der Waals surface area (Å²) in [5.74, 6) is -0.400. The van der Waals surface area contributed by atoms with Crippen molar-refractivity contribution in [2.45, 2.75) is 20.8 Å². The molecule has 0 radical (unpaired) electrons. The van der Waals surface area contributed by atoms with Gasteiger partial charge in [-0.25, -0.2) is 9.36 Å². The van der Waals surface area contributed by atoms with E-state index in [0.29, 0.717) is 5.69 Å². The normalized spacial score (nSPS) is 14.2. The Morgan fingerprint density at radius 1 is 1.04 bits per heavy atom. The Morgan fingerprint density at radius 3 is 2.43 bits per heavy atom. The minimum Gasteiger partial charge on any atom is -0.494 e. The van der Waals surface area contributed by atoms with Gasteiger partial charge in [0, 0.05) is 16.8 Å². The summed E-state index contributed by atoms with van der Waals surface area (Å²) < 4.78 is 1.11. The molecule has 0 atom stereocenters. The number of aromatic hydroxyl groups is 1. The van der Waals surface area contributed by atoms with E-state index in [9.17, 15) is 14.7 Å². The Labute approximate surface area is 161 Å². The molecule has 0 saturated heterocycles. The molecular formula is C22H19N3O3. The zero-order valence-corrected chi connectivity index (χ0v) is 15.8. The summed E-state index contributed by atoms with van der Waals surface area (Å²) in [5, 5.41) is 10.8. The molecule has 140 valence electrons. The number of aryl methyl sites for hydroxylation is 2. The third-order valence-electron chi connectivity index (χ3n) is 4.75. The number of para-hydroxylation sites is 1. The summed E-state index contributed by atoms with van der Waals surface area (Å²) in [7, 11) is 0. The maximum Gasteiger partial charge on any atom is 0.335 e. The Bertz CT molecular complexity index is 1270. The number of aromatic amines is 1. The number of aromatic nitrogens is 2. The van der Waals surface area contributed by atoms with E-state index in [1.807, 2.05) is 51.1 Å². The zero-order valence-electron chi connectivity index (χ0n) is 15.8. The fourth-order valence-corrected chi connectivity index (χ4v) is 3.55. The van der Waals surface area contributed by atoms with Gasteiger partial charge in [-0.3, -0.25) is 14.8 Å². The van der Waals surface area contributed by atoms with Crippen molar-refractivity contribution in [3.63, 3.8) is 0 Å². The highest BCUT2D eigenvalue weighted by Gasteiger charge is 2.20. The average molecular weight is 373 g/mol. The molecular weight excluding hydrogens is 354 g/mol. The molecule has 1 aliphatic rings. The Balaban J connectivity index is 1.97. The van der Waals surface area contributed by atoms with E-state index in [0.717, 1.165) is 38.2 Å². The molecule has 0 saturated carbocycles. The van der Waals surface area contributed by atoms with Gasteiger partial charge in [0.1, 0.15) is 5.56 Å². The number of nitrogens with one attached hydrogen (secondary N) is 1. The van der Waals surface area contributed by atoms with Crippen molar-refractivity contribution in [3.8, 4) is 11.6 Å². The number of hydrogen-bond donors (Lipinski definition) is 2. The molecule has 6 nitrogen and oxygen atoms in total. The first-order valence-corrected chi connectivity index (χ1v) is 8.89. The van der Waals surface area contributed by atoms with E-state index in [4.69, 9.17) is 0 Å². The highest BCUT2D eigenvalue weighted by Crippen LogP contribution is 2.36. The highest BCUT2D eigenvalue weighted by atomic mass is 16.3. The van der Waals surface area contributed by atoms with Crippen LogP contribution in [0.15, 0.2) is 57.0 Å². The number of rotatable bonds is 2. The van der Waals surface area contributed by atoms with E-state index in [-0.39, 0.29) is 5.56 Å². The third-order valence-corrected chi connectivity index (χ3v) is 4.75. The number of hydrogen-bond acceptors (Lipinski definition) is 4. The average Bonchev–Trinajstić information content (AvgIpc) is 2.92. The number of fused-ring (bicyclic) bond motifs is 1. The topological polar surface area (TPSA) is 87.4 Å². The third kappa shape index (κ3) is 2.89. The second kappa shape index (κ2) is 6.49. The predicted molar refractivity (Wildman–Crippen MR) is 111 cm³/mol. The Hall–Kier alpha value is -3.67. The smallest absolute Gasteiger partial charge is 0.335 e. The van der Waals surface area contributed by atoms with Crippen molar-refractivity contribution in [1.82, 2.24) is 9.55 Å². The highest BCUT2D eigenvalue weighted by molar-refractivity contribution is 6.31. The number of nitrogens with zero attached hydrogens (tertiary/aromatic N) is 2. The van der Waals surface area contributed by atoms with Crippen LogP contribution in [0.5, 0.6) is 5.88 Å². The molecule has 1 aromatic heterocycles. The predicted octanol–water partition coefficient (Wildman–Crippen LogP) is 3.49. The summed E-state index contributed by atoms with van der Waals surface area (Å²) in [6, 6.07) is 13.1. The lowest BCUT2D eigenvalue weighted by atomic mass is 10.0. The van der Waals surface area contributed by atoms with Crippen LogP contribution >= 0.6 is 0 Å². The van der Waals surface area contributed by atoms with Crippen LogP contribution in [-0.2, 0) is 0 Å². The van der Waals surface area contributed by atoms with Crippen LogP contribution in [0.3, 0.4) is 0 Å². The molecule has 2 heterocycles. The lowest BCUT2D eigenvalue weighted by molar-refractivity contribution is 0.429. The van der Waals surface area contributed by atoms with Crippen LogP contribution in [0.1, 0.15) is 29.2 Å². The van der Waals surface area contributed by atoms with Gasteiger partial charge in [0.25, 0.3) is 5.56 Å². The molecule has 6 heteroatoms. The summed E-state index contributed by atoms with van der Waals surface area (Å²) in [6.07, 6.45) is 1.58. The summed E-state index contributed by atoms with van der Waals surface area (Å²) in [5.41, 5.74) is 4.23. The maximum absolute atomic E-state index is 12.5. The number of aliphatic imine (C=N–C) groups is 1. The van der Waals surface area contributed by atoms with Gasteiger partial charge in [0.05, 0.1) is 11.4 Å². The van der Waals surface area contributed by atoms with Crippen LogP contribution < -0.4 is 11.2 Å². The van der Waals surface area contributed by atoms with Crippen molar-refractivity contribution < 1.29 is 5.11 Å². The fourth-order valence-electron chi connectivity index (χ4n) is 3.55. The van der Waals surface area contributed by atoms with Gasteiger partial charge in [-0.2, -0.15) is 0 Å². The lowest BCUT2D eigenvalue weighted by Crippen LogP contribution is -2.30. The van der Waals surface area contributed by atoms with Crippen LogP contribution in [0.4, 0.5) is 5.69 Å². The monoisotopic (exact) mass is 373 g/mol. The van der Waals surface area contributed by atoms with Crippen molar-refractivity contribution in [3.05, 3.63) is 85.6 Å². The van der Waals surface area contributed by atoms with Gasteiger partial charge in [-0.1, -0.05) is 24.3 Å². The van der Waals surface area contributed by atoms with Gasteiger partial charge < -0.3 is 5.11 Å². The van der Waals surface area contributed by atoms with Gasteiger partial charge in [0.15, 0.2) is 0 Å². The van der Waals surface area contributed by atoms with Crippen LogP contribution in [0.25, 0.3) is 17.3 Å². The molecule has 0 aliphatic carbocycles. The molecule has 0 unspecified atom stereocenters. The van der Waals surface area contributed by atoms with E-state index in [1.165, 1.54) is 0 Å². The molecule has 2 N–H and O–H groups in total. The number of benzene rings is 2.